The van der Waals surface area contributed by atoms with Crippen molar-refractivity contribution in [3.8, 4) is 5.82 Å². The van der Waals surface area contributed by atoms with Crippen LogP contribution in [0.2, 0.25) is 5.02 Å². The van der Waals surface area contributed by atoms with Gasteiger partial charge in [-0.15, -0.1) is 0 Å². The van der Waals surface area contributed by atoms with Gasteiger partial charge >= 0.3 is 0 Å². The number of benzene rings is 2. The second-order valence-electron chi connectivity index (χ2n) is 6.42. The van der Waals surface area contributed by atoms with Gasteiger partial charge in [-0.3, -0.25) is 14.8 Å². The number of fused-ring (bicyclic) bond motifs is 1. The predicted octanol–water partition coefficient (Wildman–Crippen LogP) is 4.09. The molecule has 0 unspecified atom stereocenters. The Bertz CT molecular complexity index is 1400. The summed E-state index contributed by atoms with van der Waals surface area (Å²) in [6, 6.07) is 15.9. The molecular formula is C19H14ClN5O4S. The fraction of sp³-hybridized carbons (Fsp3) is 0.0526. The van der Waals surface area contributed by atoms with Crippen LogP contribution in [0.5, 0.6) is 0 Å². The summed E-state index contributed by atoms with van der Waals surface area (Å²) in [5.41, 5.74) is 0.787. The average molecular weight is 444 g/mol. The van der Waals surface area contributed by atoms with Crippen molar-refractivity contribution in [2.24, 2.45) is 0 Å². The standard InChI is InChI=1S/C19H14ClN5O4S/c1-12-10-19(23-30(28,29)14-7-8-15(20)17(11-14)25(26)27)24(22-12)18-9-6-13-4-2-3-5-16(13)21-18/h2-11,23H,1H3. The van der Waals surface area contributed by atoms with E-state index in [1.165, 1.54) is 16.8 Å². The second kappa shape index (κ2) is 7.39. The number of aryl methyl sites for hydroxylation is 1. The molecule has 0 aliphatic heterocycles. The summed E-state index contributed by atoms with van der Waals surface area (Å²) >= 11 is 5.78. The number of hydrogen-bond acceptors (Lipinski definition) is 6. The van der Waals surface area contributed by atoms with Crippen LogP contribution in [0.25, 0.3) is 16.7 Å². The van der Waals surface area contributed by atoms with E-state index in [1.807, 2.05) is 30.3 Å². The lowest BCUT2D eigenvalue weighted by Crippen LogP contribution is -2.16. The van der Waals surface area contributed by atoms with Crippen LogP contribution in [-0.4, -0.2) is 28.1 Å². The number of para-hydroxylation sites is 1. The Morgan fingerprint density at radius 3 is 2.63 bits per heavy atom. The van der Waals surface area contributed by atoms with E-state index in [2.05, 4.69) is 14.8 Å². The van der Waals surface area contributed by atoms with Crippen LogP contribution in [0.4, 0.5) is 11.5 Å². The Morgan fingerprint density at radius 2 is 1.87 bits per heavy atom. The Hall–Kier alpha value is -3.50. The molecule has 2 aromatic heterocycles. The number of nitrogens with one attached hydrogen (secondary N) is 1. The third-order valence-corrected chi connectivity index (χ3v) is 5.97. The van der Waals surface area contributed by atoms with Crippen LogP contribution in [0.1, 0.15) is 5.69 Å². The van der Waals surface area contributed by atoms with E-state index < -0.39 is 20.6 Å². The van der Waals surface area contributed by atoms with Crippen molar-refractivity contribution < 1.29 is 13.3 Å². The van der Waals surface area contributed by atoms with Gasteiger partial charge in [-0.1, -0.05) is 29.8 Å². The number of nitrogens with zero attached hydrogens (tertiary/aromatic N) is 4. The van der Waals surface area contributed by atoms with E-state index in [0.29, 0.717) is 11.5 Å². The maximum Gasteiger partial charge on any atom is 0.289 e. The topological polar surface area (TPSA) is 120 Å². The summed E-state index contributed by atoms with van der Waals surface area (Å²) in [6.45, 7) is 1.71. The third kappa shape index (κ3) is 3.70. The minimum Gasteiger partial charge on any atom is -0.263 e. The summed E-state index contributed by atoms with van der Waals surface area (Å²) in [6.07, 6.45) is 0. The number of nitro groups is 1. The van der Waals surface area contributed by atoms with E-state index in [4.69, 9.17) is 11.6 Å². The SMILES string of the molecule is Cc1cc(NS(=O)(=O)c2ccc(Cl)c([N+](=O)[O-])c2)n(-c2ccc3ccccc3n2)n1. The van der Waals surface area contributed by atoms with Crippen molar-refractivity contribution >= 4 is 44.0 Å². The molecule has 1 N–H and O–H groups in total. The molecule has 0 radical (unpaired) electrons. The lowest BCUT2D eigenvalue weighted by atomic mass is 10.2. The lowest BCUT2D eigenvalue weighted by molar-refractivity contribution is -0.384. The van der Waals surface area contributed by atoms with Crippen LogP contribution in [0, 0.1) is 17.0 Å². The number of sulfonamides is 1. The lowest BCUT2D eigenvalue weighted by Gasteiger charge is -2.11. The number of halogens is 1. The van der Waals surface area contributed by atoms with E-state index in [-0.39, 0.29) is 15.7 Å². The predicted molar refractivity (Wildman–Crippen MR) is 113 cm³/mol. The van der Waals surface area contributed by atoms with Gasteiger partial charge in [-0.2, -0.15) is 9.78 Å². The normalized spacial score (nSPS) is 11.5. The molecule has 30 heavy (non-hydrogen) atoms. The van der Waals surface area contributed by atoms with Gasteiger partial charge in [0, 0.05) is 17.5 Å². The molecule has 2 aromatic carbocycles. The van der Waals surface area contributed by atoms with Crippen LogP contribution in [0.15, 0.2) is 65.6 Å². The molecule has 0 amide bonds. The number of nitro benzene ring substituents is 1. The highest BCUT2D eigenvalue weighted by atomic mass is 35.5. The van der Waals surface area contributed by atoms with Crippen molar-refractivity contribution in [3.05, 3.63) is 81.5 Å². The smallest absolute Gasteiger partial charge is 0.263 e. The minimum atomic E-state index is -4.15. The molecule has 0 spiro atoms. The maximum atomic E-state index is 12.9. The average Bonchev–Trinajstić information content (AvgIpc) is 3.06. The van der Waals surface area contributed by atoms with Crippen molar-refractivity contribution in [2.45, 2.75) is 11.8 Å². The van der Waals surface area contributed by atoms with Crippen molar-refractivity contribution in [3.63, 3.8) is 0 Å². The van der Waals surface area contributed by atoms with Crippen molar-refractivity contribution in [1.29, 1.82) is 0 Å². The zero-order chi connectivity index (χ0) is 21.5. The molecule has 0 aliphatic rings. The summed E-state index contributed by atoms with van der Waals surface area (Å²) in [5.74, 6) is 0.564. The number of rotatable bonds is 5. The van der Waals surface area contributed by atoms with Gasteiger partial charge in [-0.25, -0.2) is 13.4 Å². The molecule has 0 aliphatic carbocycles. The molecule has 9 nitrogen and oxygen atoms in total. The molecule has 0 saturated heterocycles. The van der Waals surface area contributed by atoms with E-state index in [1.54, 1.807) is 19.1 Å². The first-order valence-corrected chi connectivity index (χ1v) is 10.5. The van der Waals surface area contributed by atoms with Gasteiger partial charge in [0.05, 0.1) is 21.0 Å². The Morgan fingerprint density at radius 1 is 1.10 bits per heavy atom. The molecule has 4 aromatic rings. The Kier molecular flexibility index (Phi) is 4.88. The third-order valence-electron chi connectivity index (χ3n) is 4.30. The number of hydrogen-bond donors (Lipinski definition) is 1. The zero-order valence-corrected chi connectivity index (χ0v) is 17.1. The molecular weight excluding hydrogens is 430 g/mol. The minimum absolute atomic E-state index is 0.146. The molecule has 2 heterocycles. The number of anilines is 1. The molecule has 0 bridgehead atoms. The van der Waals surface area contributed by atoms with Gasteiger partial charge in [0.15, 0.2) is 5.82 Å². The van der Waals surface area contributed by atoms with E-state index in [9.17, 15) is 18.5 Å². The fourth-order valence-electron chi connectivity index (χ4n) is 2.92. The first-order chi connectivity index (χ1) is 14.2. The molecule has 0 fully saturated rings. The Balaban J connectivity index is 1.75. The van der Waals surface area contributed by atoms with Crippen LogP contribution < -0.4 is 4.72 Å². The van der Waals surface area contributed by atoms with Crippen molar-refractivity contribution in [2.75, 3.05) is 4.72 Å². The zero-order valence-electron chi connectivity index (χ0n) is 15.5. The van der Waals surface area contributed by atoms with Crippen LogP contribution in [-0.2, 0) is 10.0 Å². The van der Waals surface area contributed by atoms with E-state index in [0.717, 1.165) is 17.0 Å². The highest BCUT2D eigenvalue weighted by molar-refractivity contribution is 7.92. The monoisotopic (exact) mass is 443 g/mol. The first kappa shape index (κ1) is 19.8. The molecule has 0 saturated carbocycles. The van der Waals surface area contributed by atoms with Gasteiger partial charge in [0.25, 0.3) is 15.7 Å². The molecule has 0 atom stereocenters. The van der Waals surface area contributed by atoms with Gasteiger partial charge in [-0.05, 0) is 37.3 Å². The molecule has 152 valence electrons. The second-order valence-corrected chi connectivity index (χ2v) is 8.51. The van der Waals surface area contributed by atoms with Crippen LogP contribution in [0.3, 0.4) is 0 Å². The van der Waals surface area contributed by atoms with Gasteiger partial charge in [0.2, 0.25) is 0 Å². The number of pyridine rings is 1. The summed E-state index contributed by atoms with van der Waals surface area (Å²) in [7, 11) is -4.15. The highest BCUT2D eigenvalue weighted by Crippen LogP contribution is 2.28. The summed E-state index contributed by atoms with van der Waals surface area (Å²) < 4.78 is 29.5. The largest absolute Gasteiger partial charge is 0.289 e. The first-order valence-electron chi connectivity index (χ1n) is 8.64. The summed E-state index contributed by atoms with van der Waals surface area (Å²) in [4.78, 5) is 14.6. The highest BCUT2D eigenvalue weighted by Gasteiger charge is 2.23. The molecule has 11 heteroatoms. The van der Waals surface area contributed by atoms with Crippen LogP contribution >= 0.6 is 11.6 Å². The Labute approximate surface area is 176 Å². The summed E-state index contributed by atoms with van der Waals surface area (Å²) in [5, 5.41) is 16.2. The van der Waals surface area contributed by atoms with E-state index >= 15 is 0 Å². The van der Waals surface area contributed by atoms with Crippen molar-refractivity contribution in [1.82, 2.24) is 14.8 Å². The molecule has 4 rings (SSSR count). The fourth-order valence-corrected chi connectivity index (χ4v) is 4.16. The number of aromatic nitrogens is 3. The quantitative estimate of drug-likeness (QED) is 0.366. The van der Waals surface area contributed by atoms with Gasteiger partial charge < -0.3 is 0 Å². The maximum absolute atomic E-state index is 12.9. The van der Waals surface area contributed by atoms with Gasteiger partial charge in [0.1, 0.15) is 10.8 Å².